The molecule has 0 spiro atoms. The van der Waals surface area contributed by atoms with Gasteiger partial charge in [-0.25, -0.2) is 0 Å². The summed E-state index contributed by atoms with van der Waals surface area (Å²) in [6.07, 6.45) is 3.83. The summed E-state index contributed by atoms with van der Waals surface area (Å²) in [5, 5.41) is 0. The van der Waals surface area contributed by atoms with Crippen LogP contribution < -0.4 is 0 Å². The monoisotopic (exact) mass is 207 g/mol. The lowest BCUT2D eigenvalue weighted by Gasteiger charge is -2.23. The number of hydrogen-bond acceptors (Lipinski definition) is 3. The van der Waals surface area contributed by atoms with E-state index in [0.717, 1.165) is 0 Å². The van der Waals surface area contributed by atoms with Crippen molar-refractivity contribution in [3.63, 3.8) is 0 Å². The number of rotatable bonds is 0. The minimum absolute atomic E-state index is 0.111. The third-order valence-electron chi connectivity index (χ3n) is 3.95. The maximum Gasteiger partial charge on any atom is 0.236 e. The maximum absolute atomic E-state index is 11.9. The fourth-order valence-corrected chi connectivity index (χ4v) is 3.17. The highest BCUT2D eigenvalue weighted by molar-refractivity contribution is 6.07. The zero-order valence-corrected chi connectivity index (χ0v) is 8.98. The molecule has 0 aromatic heterocycles. The number of carbonyl (C=O) groups excluding carboxylic acids is 2. The summed E-state index contributed by atoms with van der Waals surface area (Å²) in [5.74, 6) is -0.879. The number of nitrogens with zero attached hydrogens (tertiary/aromatic N) is 1. The molecule has 3 aliphatic heterocycles. The summed E-state index contributed by atoms with van der Waals surface area (Å²) in [4.78, 5) is 25.1. The molecular weight excluding hydrogens is 194 g/mol. The molecule has 0 aromatic carbocycles. The first kappa shape index (κ1) is 9.09. The Balaban J connectivity index is 2.18. The first-order valence-electron chi connectivity index (χ1n) is 5.11. The highest BCUT2D eigenvalue weighted by Crippen LogP contribution is 2.56. The van der Waals surface area contributed by atoms with E-state index in [-0.39, 0.29) is 23.7 Å². The van der Waals surface area contributed by atoms with E-state index in [2.05, 4.69) is 0 Å². The lowest BCUT2D eigenvalue weighted by Crippen LogP contribution is -2.37. The van der Waals surface area contributed by atoms with Gasteiger partial charge in [-0.05, 0) is 13.8 Å². The van der Waals surface area contributed by atoms with Crippen molar-refractivity contribution in [3.05, 3.63) is 12.2 Å². The third-order valence-corrected chi connectivity index (χ3v) is 3.95. The van der Waals surface area contributed by atoms with Crippen molar-refractivity contribution >= 4 is 11.8 Å². The molecular formula is C11H13NO3. The highest BCUT2D eigenvalue weighted by atomic mass is 16.5. The molecule has 80 valence electrons. The van der Waals surface area contributed by atoms with Gasteiger partial charge in [0.05, 0.1) is 23.0 Å². The standard InChI is InChI=1S/C11H13NO3/c1-10-4-5-11(2,15-10)7-6(10)8(13)12(3)9(7)14/h4-7H,1-3H3. The Morgan fingerprint density at radius 1 is 1.13 bits per heavy atom. The van der Waals surface area contributed by atoms with E-state index in [9.17, 15) is 9.59 Å². The summed E-state index contributed by atoms with van der Waals surface area (Å²) in [6, 6.07) is 0. The van der Waals surface area contributed by atoms with Crippen molar-refractivity contribution in [1.82, 2.24) is 4.90 Å². The number of carbonyl (C=O) groups is 2. The molecule has 3 heterocycles. The predicted octanol–water partition coefficient (Wildman–Crippen LogP) is 0.335. The second-order valence-corrected chi connectivity index (χ2v) is 4.99. The predicted molar refractivity (Wildman–Crippen MR) is 51.8 cm³/mol. The van der Waals surface area contributed by atoms with Gasteiger partial charge >= 0.3 is 0 Å². The van der Waals surface area contributed by atoms with Gasteiger partial charge in [0.25, 0.3) is 0 Å². The van der Waals surface area contributed by atoms with Crippen molar-refractivity contribution < 1.29 is 14.3 Å². The lowest BCUT2D eigenvalue weighted by atomic mass is 9.73. The second-order valence-electron chi connectivity index (χ2n) is 4.99. The van der Waals surface area contributed by atoms with Crippen LogP contribution in [0.25, 0.3) is 0 Å². The molecule has 0 N–H and O–H groups in total. The zero-order valence-electron chi connectivity index (χ0n) is 8.98. The summed E-state index contributed by atoms with van der Waals surface area (Å²) in [7, 11) is 1.55. The maximum atomic E-state index is 11.9. The first-order chi connectivity index (χ1) is 6.89. The number of fused-ring (bicyclic) bond motifs is 5. The normalized spacial score (nSPS) is 51.8. The Morgan fingerprint density at radius 2 is 1.53 bits per heavy atom. The van der Waals surface area contributed by atoms with Crippen LogP contribution in [-0.2, 0) is 14.3 Å². The first-order valence-corrected chi connectivity index (χ1v) is 5.11. The molecule has 3 aliphatic rings. The van der Waals surface area contributed by atoms with Gasteiger partial charge in [-0.2, -0.15) is 0 Å². The molecule has 2 fully saturated rings. The molecule has 0 aromatic rings. The number of amides is 2. The van der Waals surface area contributed by atoms with Crippen LogP contribution >= 0.6 is 0 Å². The van der Waals surface area contributed by atoms with Crippen molar-refractivity contribution in [3.8, 4) is 0 Å². The molecule has 4 nitrogen and oxygen atoms in total. The summed E-state index contributed by atoms with van der Waals surface area (Å²) in [5.41, 5.74) is -1.17. The molecule has 2 amide bonds. The minimum atomic E-state index is -0.586. The van der Waals surface area contributed by atoms with E-state index < -0.39 is 11.2 Å². The van der Waals surface area contributed by atoms with Crippen molar-refractivity contribution in [2.24, 2.45) is 11.8 Å². The van der Waals surface area contributed by atoms with Gasteiger partial charge in [0.1, 0.15) is 0 Å². The molecule has 4 atom stereocenters. The largest absolute Gasteiger partial charge is 0.359 e. The van der Waals surface area contributed by atoms with Crippen LogP contribution in [0.5, 0.6) is 0 Å². The Hall–Kier alpha value is -1.16. The van der Waals surface area contributed by atoms with E-state index in [1.54, 1.807) is 7.05 Å². The van der Waals surface area contributed by atoms with Gasteiger partial charge in [-0.15, -0.1) is 0 Å². The summed E-state index contributed by atoms with van der Waals surface area (Å²) >= 11 is 0. The topological polar surface area (TPSA) is 46.6 Å². The van der Waals surface area contributed by atoms with E-state index in [0.29, 0.717) is 0 Å². The Labute approximate surface area is 87.9 Å². The second kappa shape index (κ2) is 2.16. The Bertz CT molecular complexity index is 380. The van der Waals surface area contributed by atoms with Gasteiger partial charge in [0.2, 0.25) is 11.8 Å². The van der Waals surface area contributed by atoms with Gasteiger partial charge in [-0.1, -0.05) is 12.2 Å². The highest BCUT2D eigenvalue weighted by Gasteiger charge is 2.69. The molecule has 4 unspecified atom stereocenters. The number of likely N-dealkylation sites (tertiary alicyclic amines) is 1. The van der Waals surface area contributed by atoms with Gasteiger partial charge in [0, 0.05) is 7.05 Å². The Kier molecular flexibility index (Phi) is 1.31. The van der Waals surface area contributed by atoms with Crippen LogP contribution in [0.4, 0.5) is 0 Å². The zero-order chi connectivity index (χ0) is 11.0. The van der Waals surface area contributed by atoms with E-state index in [1.165, 1.54) is 4.90 Å². The van der Waals surface area contributed by atoms with Gasteiger partial charge in [-0.3, -0.25) is 14.5 Å². The van der Waals surface area contributed by atoms with Crippen LogP contribution in [0.15, 0.2) is 12.2 Å². The van der Waals surface area contributed by atoms with E-state index >= 15 is 0 Å². The molecule has 2 bridgehead atoms. The quantitative estimate of drug-likeness (QED) is 0.425. The summed E-state index contributed by atoms with van der Waals surface area (Å²) in [6.45, 7) is 3.76. The van der Waals surface area contributed by atoms with E-state index in [1.807, 2.05) is 26.0 Å². The van der Waals surface area contributed by atoms with E-state index in [4.69, 9.17) is 4.74 Å². The molecule has 0 saturated carbocycles. The van der Waals surface area contributed by atoms with Crippen molar-refractivity contribution in [2.75, 3.05) is 7.05 Å². The summed E-state index contributed by atoms with van der Waals surface area (Å²) < 4.78 is 5.82. The fourth-order valence-electron chi connectivity index (χ4n) is 3.17. The Morgan fingerprint density at radius 3 is 1.93 bits per heavy atom. The van der Waals surface area contributed by atoms with Crippen LogP contribution in [0.2, 0.25) is 0 Å². The third kappa shape index (κ3) is 0.785. The van der Waals surface area contributed by atoms with Crippen LogP contribution in [0, 0.1) is 11.8 Å². The number of imide groups is 1. The van der Waals surface area contributed by atoms with Crippen molar-refractivity contribution in [2.45, 2.75) is 25.0 Å². The fraction of sp³-hybridized carbons (Fsp3) is 0.636. The molecule has 0 radical (unpaired) electrons. The van der Waals surface area contributed by atoms with Crippen LogP contribution in [-0.4, -0.2) is 35.0 Å². The lowest BCUT2D eigenvalue weighted by molar-refractivity contribution is -0.144. The molecule has 3 rings (SSSR count). The average Bonchev–Trinajstić information content (AvgIpc) is 2.67. The minimum Gasteiger partial charge on any atom is -0.359 e. The molecule has 2 saturated heterocycles. The molecule has 15 heavy (non-hydrogen) atoms. The van der Waals surface area contributed by atoms with Crippen LogP contribution in [0.1, 0.15) is 13.8 Å². The van der Waals surface area contributed by atoms with Gasteiger partial charge in [0.15, 0.2) is 0 Å². The average molecular weight is 207 g/mol. The van der Waals surface area contributed by atoms with Gasteiger partial charge < -0.3 is 4.74 Å². The van der Waals surface area contributed by atoms with Crippen LogP contribution in [0.3, 0.4) is 0 Å². The number of hydrogen-bond donors (Lipinski definition) is 0. The number of ether oxygens (including phenoxy) is 1. The SMILES string of the molecule is CN1C(=O)C2C(C1=O)C1(C)C=CC2(C)O1. The molecule has 4 heteroatoms. The van der Waals surface area contributed by atoms with Crippen molar-refractivity contribution in [1.29, 1.82) is 0 Å². The smallest absolute Gasteiger partial charge is 0.236 e. The molecule has 0 aliphatic carbocycles.